The Balaban J connectivity index is 1.94. The molecule has 1 aliphatic heterocycles. The number of anilines is 1. The Morgan fingerprint density at radius 2 is 1.90 bits per heavy atom. The predicted octanol–water partition coefficient (Wildman–Crippen LogP) is 5.40. The van der Waals surface area contributed by atoms with Gasteiger partial charge in [-0.05, 0) is 47.8 Å². The molecule has 1 aromatic heterocycles. The highest BCUT2D eigenvalue weighted by atomic mass is 35.5. The lowest BCUT2D eigenvalue weighted by molar-refractivity contribution is -0.132. The Bertz CT molecular complexity index is 1220. The minimum absolute atomic E-state index is 0.0693. The van der Waals surface area contributed by atoms with E-state index in [4.69, 9.17) is 27.9 Å². The van der Waals surface area contributed by atoms with Crippen molar-refractivity contribution in [3.8, 4) is 11.5 Å². The fourth-order valence-electron chi connectivity index (χ4n) is 3.46. The summed E-state index contributed by atoms with van der Waals surface area (Å²) in [5.41, 5.74) is 0.202. The minimum Gasteiger partial charge on any atom is -0.507 e. The molecule has 1 aliphatic rings. The van der Waals surface area contributed by atoms with Gasteiger partial charge in [0.05, 0.1) is 23.4 Å². The third kappa shape index (κ3) is 3.65. The lowest BCUT2D eigenvalue weighted by Gasteiger charge is -2.25. The molecular formula is C22H15Cl2NO5S. The smallest absolute Gasteiger partial charge is 0.300 e. The molecule has 1 atom stereocenters. The average molecular weight is 476 g/mol. The maximum Gasteiger partial charge on any atom is 0.300 e. The van der Waals surface area contributed by atoms with Gasteiger partial charge in [-0.25, -0.2) is 0 Å². The van der Waals surface area contributed by atoms with Crippen LogP contribution in [0.4, 0.5) is 5.69 Å². The van der Waals surface area contributed by atoms with Crippen LogP contribution in [0.1, 0.15) is 16.5 Å². The van der Waals surface area contributed by atoms with Crippen molar-refractivity contribution in [3.63, 3.8) is 0 Å². The van der Waals surface area contributed by atoms with Crippen LogP contribution in [0.3, 0.4) is 0 Å². The first kappa shape index (κ1) is 21.2. The van der Waals surface area contributed by atoms with Crippen LogP contribution in [0.25, 0.3) is 5.76 Å². The maximum atomic E-state index is 13.0. The number of methoxy groups -OCH3 is 1. The number of rotatable bonds is 4. The summed E-state index contributed by atoms with van der Waals surface area (Å²) in [4.78, 5) is 27.8. The predicted molar refractivity (Wildman–Crippen MR) is 120 cm³/mol. The van der Waals surface area contributed by atoms with Crippen molar-refractivity contribution < 1.29 is 24.5 Å². The number of ether oxygens (including phenoxy) is 1. The van der Waals surface area contributed by atoms with E-state index >= 15 is 0 Å². The standard InChI is InChI=1S/C22H15Cl2NO5S/c1-30-16-7-4-11(9-13(16)24)20(27)18-19(17-3-2-8-31-17)25(22(29)21(18)28)14-10-12(23)5-6-15(14)26/h2-10,19,26-27H,1H3/b20-18-. The maximum absolute atomic E-state index is 13.0. The first-order chi connectivity index (χ1) is 14.8. The zero-order valence-corrected chi connectivity index (χ0v) is 18.3. The Morgan fingerprint density at radius 3 is 2.55 bits per heavy atom. The molecule has 2 aromatic carbocycles. The lowest BCUT2D eigenvalue weighted by atomic mass is 9.99. The highest BCUT2D eigenvalue weighted by Crippen LogP contribution is 2.46. The lowest BCUT2D eigenvalue weighted by Crippen LogP contribution is -2.29. The molecule has 6 nitrogen and oxygen atoms in total. The van der Waals surface area contributed by atoms with Crippen LogP contribution >= 0.6 is 34.5 Å². The minimum atomic E-state index is -0.953. The number of nitrogens with zero attached hydrogens (tertiary/aromatic N) is 1. The van der Waals surface area contributed by atoms with Gasteiger partial charge in [0.15, 0.2) is 0 Å². The number of thiophene rings is 1. The van der Waals surface area contributed by atoms with Gasteiger partial charge in [0.2, 0.25) is 0 Å². The van der Waals surface area contributed by atoms with Crippen molar-refractivity contribution in [2.75, 3.05) is 12.0 Å². The SMILES string of the molecule is COc1ccc(/C(O)=C2/C(=O)C(=O)N(c3cc(Cl)ccc3O)C2c2cccs2)cc1Cl. The second kappa shape index (κ2) is 8.26. The summed E-state index contributed by atoms with van der Waals surface area (Å²) in [6, 6.07) is 11.3. The summed E-state index contributed by atoms with van der Waals surface area (Å²) in [5, 5.41) is 23.7. The fraction of sp³-hybridized carbons (Fsp3) is 0.0909. The number of aliphatic hydroxyl groups excluding tert-OH is 1. The van der Waals surface area contributed by atoms with E-state index in [0.717, 1.165) is 4.90 Å². The van der Waals surface area contributed by atoms with Gasteiger partial charge in [-0.3, -0.25) is 14.5 Å². The fourth-order valence-corrected chi connectivity index (χ4v) is 4.70. The number of aliphatic hydroxyl groups is 1. The molecule has 9 heteroatoms. The molecule has 0 aliphatic carbocycles. The van der Waals surface area contributed by atoms with Crippen molar-refractivity contribution in [2.45, 2.75) is 6.04 Å². The zero-order valence-electron chi connectivity index (χ0n) is 16.0. The van der Waals surface area contributed by atoms with Crippen LogP contribution in [0.15, 0.2) is 59.5 Å². The topological polar surface area (TPSA) is 87.1 Å². The van der Waals surface area contributed by atoms with Crippen molar-refractivity contribution >= 4 is 57.7 Å². The van der Waals surface area contributed by atoms with Gasteiger partial charge >= 0.3 is 0 Å². The summed E-state index contributed by atoms with van der Waals surface area (Å²) < 4.78 is 5.13. The number of benzene rings is 2. The summed E-state index contributed by atoms with van der Waals surface area (Å²) in [6.45, 7) is 0. The molecule has 1 unspecified atom stereocenters. The van der Waals surface area contributed by atoms with E-state index in [9.17, 15) is 19.8 Å². The van der Waals surface area contributed by atoms with Crippen LogP contribution < -0.4 is 9.64 Å². The third-order valence-electron chi connectivity index (χ3n) is 4.88. The number of hydrogen-bond acceptors (Lipinski definition) is 6. The van der Waals surface area contributed by atoms with Gasteiger partial charge < -0.3 is 14.9 Å². The molecule has 1 fully saturated rings. The number of amides is 1. The van der Waals surface area contributed by atoms with E-state index in [1.54, 1.807) is 23.6 Å². The van der Waals surface area contributed by atoms with Crippen molar-refractivity contribution in [1.29, 1.82) is 0 Å². The van der Waals surface area contributed by atoms with Gasteiger partial charge in [0.1, 0.15) is 23.3 Å². The number of carbonyl (C=O) groups is 2. The molecule has 0 radical (unpaired) electrons. The molecule has 3 aromatic rings. The summed E-state index contributed by atoms with van der Waals surface area (Å²) in [5.74, 6) is -1.98. The van der Waals surface area contributed by atoms with Crippen molar-refractivity contribution in [3.05, 3.63) is 80.0 Å². The zero-order chi connectivity index (χ0) is 22.3. The molecule has 0 saturated carbocycles. The molecule has 1 amide bonds. The van der Waals surface area contributed by atoms with E-state index < -0.39 is 17.7 Å². The van der Waals surface area contributed by atoms with E-state index in [1.807, 2.05) is 0 Å². The number of aromatic hydroxyl groups is 1. The highest BCUT2D eigenvalue weighted by molar-refractivity contribution is 7.10. The molecule has 158 valence electrons. The van der Waals surface area contributed by atoms with E-state index in [-0.39, 0.29) is 38.4 Å². The number of halogens is 2. The first-order valence-corrected chi connectivity index (χ1v) is 10.6. The molecule has 4 rings (SSSR count). The third-order valence-corrected chi connectivity index (χ3v) is 6.33. The van der Waals surface area contributed by atoms with Crippen LogP contribution in [0, 0.1) is 0 Å². The van der Waals surface area contributed by atoms with Crippen LogP contribution in [0.2, 0.25) is 10.0 Å². The van der Waals surface area contributed by atoms with Gasteiger partial charge in [-0.2, -0.15) is 0 Å². The van der Waals surface area contributed by atoms with Crippen LogP contribution in [0.5, 0.6) is 11.5 Å². The summed E-state index contributed by atoms with van der Waals surface area (Å²) in [6.07, 6.45) is 0. The number of Topliss-reactive ketones (excluding diaryl/α,β-unsaturated/α-hetero) is 1. The Kier molecular flexibility index (Phi) is 5.66. The molecular weight excluding hydrogens is 461 g/mol. The second-order valence-electron chi connectivity index (χ2n) is 6.67. The highest BCUT2D eigenvalue weighted by Gasteiger charge is 2.48. The monoisotopic (exact) mass is 475 g/mol. The Hall–Kier alpha value is -3.00. The largest absolute Gasteiger partial charge is 0.507 e. The van der Waals surface area contributed by atoms with Crippen LogP contribution in [-0.4, -0.2) is 29.0 Å². The quantitative estimate of drug-likeness (QED) is 0.299. The van der Waals surface area contributed by atoms with Crippen molar-refractivity contribution in [1.82, 2.24) is 0 Å². The second-order valence-corrected chi connectivity index (χ2v) is 8.49. The average Bonchev–Trinajstić information content (AvgIpc) is 3.36. The molecule has 0 spiro atoms. The summed E-state index contributed by atoms with van der Waals surface area (Å²) in [7, 11) is 1.46. The molecule has 2 N–H and O–H groups in total. The van der Waals surface area contributed by atoms with Gasteiger partial charge in [-0.15, -0.1) is 11.3 Å². The summed E-state index contributed by atoms with van der Waals surface area (Å²) >= 11 is 13.6. The number of phenols is 1. The Morgan fingerprint density at radius 1 is 1.13 bits per heavy atom. The first-order valence-electron chi connectivity index (χ1n) is 9.00. The van der Waals surface area contributed by atoms with E-state index in [2.05, 4.69) is 0 Å². The van der Waals surface area contributed by atoms with Crippen LogP contribution in [-0.2, 0) is 9.59 Å². The van der Waals surface area contributed by atoms with Gasteiger partial charge in [-0.1, -0.05) is 29.3 Å². The molecule has 1 saturated heterocycles. The van der Waals surface area contributed by atoms with Crippen molar-refractivity contribution in [2.24, 2.45) is 0 Å². The number of ketones is 1. The molecule has 31 heavy (non-hydrogen) atoms. The normalized spacial score (nSPS) is 17.9. The van der Waals surface area contributed by atoms with Gasteiger partial charge in [0, 0.05) is 15.5 Å². The Labute approximate surface area is 191 Å². The number of phenolic OH excluding ortho intramolecular Hbond substituents is 1. The number of hydrogen-bond donors (Lipinski definition) is 2. The van der Waals surface area contributed by atoms with E-state index in [0.29, 0.717) is 10.6 Å². The van der Waals surface area contributed by atoms with Gasteiger partial charge in [0.25, 0.3) is 11.7 Å². The molecule has 2 heterocycles. The van der Waals surface area contributed by atoms with E-state index in [1.165, 1.54) is 48.8 Å². The number of carbonyl (C=O) groups excluding carboxylic acids is 2. The molecule has 0 bridgehead atoms.